The molecule has 8 nitrogen and oxygen atoms in total. The first kappa shape index (κ1) is 20.3. The average molecular weight is 417 g/mol. The van der Waals surface area contributed by atoms with Gasteiger partial charge in [-0.15, -0.1) is 0 Å². The lowest BCUT2D eigenvalue weighted by atomic mass is 10.1. The van der Waals surface area contributed by atoms with Crippen LogP contribution in [-0.4, -0.2) is 53.1 Å². The number of aromatic nitrogens is 2. The number of nitrogens with zero attached hydrogens (tertiary/aromatic N) is 4. The summed E-state index contributed by atoms with van der Waals surface area (Å²) in [5.74, 6) is -0.630. The van der Waals surface area contributed by atoms with Gasteiger partial charge in [0.15, 0.2) is 0 Å². The number of hydrogen-bond donors (Lipinski definition) is 2. The van der Waals surface area contributed by atoms with Crippen LogP contribution in [0, 0.1) is 6.92 Å². The number of nitrogens with one attached hydrogen (secondary N) is 1. The molecule has 0 atom stereocenters. The molecular weight excluding hydrogens is 394 g/mol. The number of piperazine rings is 1. The summed E-state index contributed by atoms with van der Waals surface area (Å²) in [6.45, 7) is 4.59. The third-order valence-electron chi connectivity index (χ3n) is 5.22. The highest BCUT2D eigenvalue weighted by Crippen LogP contribution is 2.26. The minimum Gasteiger partial charge on any atom is -0.478 e. The van der Waals surface area contributed by atoms with Crippen LogP contribution >= 0.6 is 0 Å². The number of carbonyl (C=O) groups excluding carboxylic acids is 1. The summed E-state index contributed by atoms with van der Waals surface area (Å²) in [6, 6.07) is 14.0. The first-order valence-corrected chi connectivity index (χ1v) is 10.0. The Kier molecular flexibility index (Phi) is 5.79. The maximum atomic E-state index is 12.5. The van der Waals surface area contributed by atoms with Gasteiger partial charge in [-0.1, -0.05) is 17.7 Å². The third kappa shape index (κ3) is 4.63. The van der Waals surface area contributed by atoms with Crippen molar-refractivity contribution in [1.82, 2.24) is 9.97 Å². The minimum atomic E-state index is -1.03. The fraction of sp³-hybridized carbons (Fsp3) is 0.217. The van der Waals surface area contributed by atoms with E-state index < -0.39 is 5.97 Å². The Morgan fingerprint density at radius 1 is 0.935 bits per heavy atom. The van der Waals surface area contributed by atoms with Gasteiger partial charge in [-0.2, -0.15) is 0 Å². The second kappa shape index (κ2) is 8.83. The number of benzene rings is 2. The number of carboxylic acid groups (broad SMARTS) is 1. The average Bonchev–Trinajstić information content (AvgIpc) is 2.80. The second-order valence-electron chi connectivity index (χ2n) is 7.38. The summed E-state index contributed by atoms with van der Waals surface area (Å²) < 4.78 is 0. The van der Waals surface area contributed by atoms with Crippen molar-refractivity contribution in [3.8, 4) is 0 Å². The van der Waals surface area contributed by atoms with Crippen LogP contribution in [0.4, 0.5) is 17.3 Å². The van der Waals surface area contributed by atoms with Crippen molar-refractivity contribution in [2.24, 2.45) is 0 Å². The highest BCUT2D eigenvalue weighted by atomic mass is 16.4. The number of aromatic carboxylic acids is 1. The summed E-state index contributed by atoms with van der Waals surface area (Å²) in [7, 11) is 0. The van der Waals surface area contributed by atoms with E-state index in [0.717, 1.165) is 5.56 Å². The number of rotatable bonds is 5. The van der Waals surface area contributed by atoms with Crippen LogP contribution in [0.2, 0.25) is 0 Å². The lowest BCUT2D eigenvalue weighted by molar-refractivity contribution is 0.0697. The van der Waals surface area contributed by atoms with E-state index in [1.54, 1.807) is 42.7 Å². The third-order valence-corrected chi connectivity index (χ3v) is 5.22. The molecule has 2 N–H and O–H groups in total. The van der Waals surface area contributed by atoms with Gasteiger partial charge < -0.3 is 20.2 Å². The summed E-state index contributed by atoms with van der Waals surface area (Å²) in [4.78, 5) is 37.1. The standard InChI is InChI=1S/C23H23N5O3/c1-16-4-2-5-17(14-16)21(29)26-18-6-7-20(19(15-18)22(30)31)27-10-12-28(13-11-27)23-24-8-3-9-25-23/h2-9,14-15H,10-13H2,1H3,(H,26,29)(H,30,31). The molecule has 1 aliphatic heterocycles. The summed E-state index contributed by atoms with van der Waals surface area (Å²) in [5, 5.41) is 12.6. The van der Waals surface area contributed by atoms with E-state index in [4.69, 9.17) is 0 Å². The van der Waals surface area contributed by atoms with Gasteiger partial charge in [0.05, 0.1) is 11.3 Å². The van der Waals surface area contributed by atoms with Gasteiger partial charge >= 0.3 is 5.97 Å². The van der Waals surface area contributed by atoms with Gasteiger partial charge in [-0.3, -0.25) is 4.79 Å². The quantitative estimate of drug-likeness (QED) is 0.658. The summed E-state index contributed by atoms with van der Waals surface area (Å²) in [5.41, 5.74) is 2.75. The van der Waals surface area contributed by atoms with Crippen molar-refractivity contribution in [3.63, 3.8) is 0 Å². The van der Waals surface area contributed by atoms with Gasteiger partial charge in [-0.25, -0.2) is 14.8 Å². The number of anilines is 3. The SMILES string of the molecule is Cc1cccc(C(=O)Nc2ccc(N3CCN(c4ncccn4)CC3)c(C(=O)O)c2)c1. The van der Waals surface area contributed by atoms with E-state index in [1.165, 1.54) is 6.07 Å². The van der Waals surface area contributed by atoms with Crippen LogP contribution in [0.1, 0.15) is 26.3 Å². The lowest BCUT2D eigenvalue weighted by Crippen LogP contribution is -2.47. The van der Waals surface area contributed by atoms with Crippen LogP contribution in [-0.2, 0) is 0 Å². The van der Waals surface area contributed by atoms with E-state index in [-0.39, 0.29) is 11.5 Å². The predicted molar refractivity (Wildman–Crippen MR) is 119 cm³/mol. The molecule has 8 heteroatoms. The van der Waals surface area contributed by atoms with E-state index in [1.807, 2.05) is 24.0 Å². The molecule has 3 aromatic rings. The Hall–Kier alpha value is -3.94. The smallest absolute Gasteiger partial charge is 0.337 e. The molecular formula is C23H23N5O3. The molecule has 0 aliphatic carbocycles. The molecule has 0 unspecified atom stereocenters. The fourth-order valence-corrected chi connectivity index (χ4v) is 3.65. The largest absolute Gasteiger partial charge is 0.478 e. The minimum absolute atomic E-state index is 0.159. The molecule has 1 fully saturated rings. The van der Waals surface area contributed by atoms with Crippen LogP contribution in [0.15, 0.2) is 60.9 Å². The van der Waals surface area contributed by atoms with Crippen LogP contribution in [0.5, 0.6) is 0 Å². The Labute approximate surface area is 180 Å². The molecule has 1 aromatic heterocycles. The Balaban J connectivity index is 1.49. The first-order valence-electron chi connectivity index (χ1n) is 10.0. The first-order chi connectivity index (χ1) is 15.0. The molecule has 0 spiro atoms. The second-order valence-corrected chi connectivity index (χ2v) is 7.38. The van der Waals surface area contributed by atoms with Crippen molar-refractivity contribution >= 4 is 29.2 Å². The van der Waals surface area contributed by atoms with Crippen LogP contribution in [0.25, 0.3) is 0 Å². The number of hydrogen-bond acceptors (Lipinski definition) is 6. The lowest BCUT2D eigenvalue weighted by Gasteiger charge is -2.36. The van der Waals surface area contributed by atoms with Gasteiger partial charge in [0.2, 0.25) is 5.95 Å². The molecule has 1 saturated heterocycles. The van der Waals surface area contributed by atoms with Crippen molar-refractivity contribution in [2.75, 3.05) is 41.3 Å². The normalized spacial score (nSPS) is 13.7. The zero-order chi connectivity index (χ0) is 21.8. The fourth-order valence-electron chi connectivity index (χ4n) is 3.65. The molecule has 4 rings (SSSR count). The zero-order valence-electron chi connectivity index (χ0n) is 17.2. The molecule has 1 amide bonds. The number of carbonyl (C=O) groups is 2. The number of carboxylic acids is 1. The zero-order valence-corrected chi connectivity index (χ0v) is 17.2. The monoisotopic (exact) mass is 417 g/mol. The molecule has 0 radical (unpaired) electrons. The number of amides is 1. The van der Waals surface area contributed by atoms with Crippen molar-refractivity contribution in [1.29, 1.82) is 0 Å². The van der Waals surface area contributed by atoms with Gasteiger partial charge in [0.1, 0.15) is 0 Å². The topological polar surface area (TPSA) is 98.7 Å². The molecule has 0 saturated carbocycles. The molecule has 2 heterocycles. The van der Waals surface area contributed by atoms with Gasteiger partial charge in [-0.05, 0) is 43.3 Å². The molecule has 1 aliphatic rings. The highest BCUT2D eigenvalue weighted by molar-refractivity contribution is 6.05. The van der Waals surface area contributed by atoms with Crippen molar-refractivity contribution < 1.29 is 14.7 Å². The summed E-state index contributed by atoms with van der Waals surface area (Å²) in [6.07, 6.45) is 3.42. The van der Waals surface area contributed by atoms with Gasteiger partial charge in [0.25, 0.3) is 5.91 Å². The van der Waals surface area contributed by atoms with E-state index in [9.17, 15) is 14.7 Å². The molecule has 31 heavy (non-hydrogen) atoms. The van der Waals surface area contributed by atoms with Crippen molar-refractivity contribution in [2.45, 2.75) is 6.92 Å². The maximum Gasteiger partial charge on any atom is 0.337 e. The Bertz CT molecular complexity index is 1100. The van der Waals surface area contributed by atoms with Crippen molar-refractivity contribution in [3.05, 3.63) is 77.6 Å². The van der Waals surface area contributed by atoms with E-state index >= 15 is 0 Å². The predicted octanol–water partition coefficient (Wildman–Crippen LogP) is 3.06. The van der Waals surface area contributed by atoms with Gasteiger partial charge in [0, 0.05) is 49.8 Å². The Morgan fingerprint density at radius 3 is 2.32 bits per heavy atom. The van der Waals surface area contributed by atoms with Crippen LogP contribution < -0.4 is 15.1 Å². The maximum absolute atomic E-state index is 12.5. The van der Waals surface area contributed by atoms with E-state index in [2.05, 4.69) is 20.2 Å². The molecule has 0 bridgehead atoms. The van der Waals surface area contributed by atoms with E-state index in [0.29, 0.717) is 49.1 Å². The summed E-state index contributed by atoms with van der Waals surface area (Å²) >= 11 is 0. The molecule has 158 valence electrons. The van der Waals surface area contributed by atoms with Crippen LogP contribution in [0.3, 0.4) is 0 Å². The molecule has 2 aromatic carbocycles. The highest BCUT2D eigenvalue weighted by Gasteiger charge is 2.23. The Morgan fingerprint density at radius 2 is 1.65 bits per heavy atom. The number of aryl methyl sites for hydroxylation is 1.